The summed E-state index contributed by atoms with van der Waals surface area (Å²) >= 11 is 0. The molecule has 2 atom stereocenters. The normalized spacial score (nSPS) is 20.9. The Morgan fingerprint density at radius 1 is 1.50 bits per heavy atom. The first-order chi connectivity index (χ1) is 9.84. The van der Waals surface area contributed by atoms with Gasteiger partial charge in [0.05, 0.1) is 32.2 Å². The molecule has 20 heavy (non-hydrogen) atoms. The molecule has 0 aliphatic carbocycles. The predicted octanol–water partition coefficient (Wildman–Crippen LogP) is 1.11. The van der Waals surface area contributed by atoms with Gasteiger partial charge in [0.25, 0.3) is 0 Å². The number of furan rings is 1. The molecule has 2 unspecified atom stereocenters. The van der Waals surface area contributed by atoms with Crippen LogP contribution in [0.25, 0.3) is 0 Å². The third kappa shape index (κ3) is 2.92. The summed E-state index contributed by atoms with van der Waals surface area (Å²) in [5.74, 6) is 1.76. The Labute approximate surface area is 117 Å². The van der Waals surface area contributed by atoms with Gasteiger partial charge in [-0.25, -0.2) is 4.98 Å². The zero-order valence-corrected chi connectivity index (χ0v) is 11.5. The summed E-state index contributed by atoms with van der Waals surface area (Å²) in [6, 6.07) is 3.74. The topological polar surface area (TPSA) is 61.5 Å². The highest BCUT2D eigenvalue weighted by molar-refractivity contribution is 5.15. The van der Waals surface area contributed by atoms with Gasteiger partial charge < -0.3 is 18.5 Å². The molecule has 0 aromatic carbocycles. The number of aryl methyl sites for hydroxylation is 1. The van der Waals surface area contributed by atoms with E-state index in [9.17, 15) is 0 Å². The standard InChI is InChI=1S/C14H19N3O3/c1-17-5-4-15-14(17)13(12-3-2-6-20-12)16-9-11-10-18-7-8-19-11/h2-6,11,13,16H,7-10H2,1H3. The lowest BCUT2D eigenvalue weighted by molar-refractivity contribution is -0.0870. The van der Waals surface area contributed by atoms with Crippen LogP contribution in [0.3, 0.4) is 0 Å². The van der Waals surface area contributed by atoms with Crippen LogP contribution in [0.4, 0.5) is 0 Å². The number of nitrogens with zero attached hydrogens (tertiary/aromatic N) is 2. The molecule has 1 aliphatic heterocycles. The van der Waals surface area contributed by atoms with Crippen LogP contribution in [0, 0.1) is 0 Å². The third-order valence-electron chi connectivity index (χ3n) is 3.38. The molecule has 1 fully saturated rings. The molecule has 6 nitrogen and oxygen atoms in total. The van der Waals surface area contributed by atoms with Gasteiger partial charge in [-0.2, -0.15) is 0 Å². The van der Waals surface area contributed by atoms with Gasteiger partial charge in [-0.05, 0) is 12.1 Å². The van der Waals surface area contributed by atoms with E-state index in [1.54, 1.807) is 12.5 Å². The maximum Gasteiger partial charge on any atom is 0.133 e. The minimum absolute atomic E-state index is 0.0708. The zero-order chi connectivity index (χ0) is 13.8. The molecule has 0 saturated carbocycles. The van der Waals surface area contributed by atoms with Crippen molar-refractivity contribution in [1.82, 2.24) is 14.9 Å². The molecule has 108 valence electrons. The molecule has 0 spiro atoms. The smallest absolute Gasteiger partial charge is 0.133 e. The molecule has 0 radical (unpaired) electrons. The molecule has 6 heteroatoms. The summed E-state index contributed by atoms with van der Waals surface area (Å²) in [5, 5.41) is 3.45. The van der Waals surface area contributed by atoms with Gasteiger partial charge in [0.2, 0.25) is 0 Å². The SMILES string of the molecule is Cn1ccnc1C(NCC1COCCO1)c1ccco1. The van der Waals surface area contributed by atoms with Crippen molar-refractivity contribution >= 4 is 0 Å². The fourth-order valence-electron chi connectivity index (χ4n) is 2.33. The minimum atomic E-state index is -0.0875. The van der Waals surface area contributed by atoms with E-state index in [2.05, 4.69) is 10.3 Å². The first kappa shape index (κ1) is 13.4. The number of hydrogen-bond acceptors (Lipinski definition) is 5. The van der Waals surface area contributed by atoms with Crippen LogP contribution in [-0.4, -0.2) is 42.0 Å². The van der Waals surface area contributed by atoms with Crippen molar-refractivity contribution in [2.45, 2.75) is 12.1 Å². The lowest BCUT2D eigenvalue weighted by Crippen LogP contribution is -2.39. The van der Waals surface area contributed by atoms with E-state index in [1.165, 1.54) is 0 Å². The third-order valence-corrected chi connectivity index (χ3v) is 3.38. The van der Waals surface area contributed by atoms with Crippen molar-refractivity contribution in [3.05, 3.63) is 42.4 Å². The van der Waals surface area contributed by atoms with Crippen molar-refractivity contribution in [2.24, 2.45) is 7.05 Å². The van der Waals surface area contributed by atoms with Gasteiger partial charge in [0.15, 0.2) is 0 Å². The number of hydrogen-bond donors (Lipinski definition) is 1. The molecule has 1 aliphatic rings. The molecule has 0 bridgehead atoms. The highest BCUT2D eigenvalue weighted by atomic mass is 16.6. The summed E-state index contributed by atoms with van der Waals surface area (Å²) in [6.07, 6.45) is 5.45. The van der Waals surface area contributed by atoms with E-state index < -0.39 is 0 Å². The minimum Gasteiger partial charge on any atom is -0.467 e. The van der Waals surface area contributed by atoms with Crippen LogP contribution in [0.1, 0.15) is 17.6 Å². The number of imidazole rings is 1. The Hall–Kier alpha value is -1.63. The monoisotopic (exact) mass is 277 g/mol. The molecule has 3 heterocycles. The number of rotatable bonds is 5. The molecule has 1 saturated heterocycles. The van der Waals surface area contributed by atoms with Gasteiger partial charge in [-0.3, -0.25) is 5.32 Å². The van der Waals surface area contributed by atoms with Crippen LogP contribution in [0.2, 0.25) is 0 Å². The quantitative estimate of drug-likeness (QED) is 0.887. The summed E-state index contributed by atoms with van der Waals surface area (Å²) in [7, 11) is 1.97. The lowest BCUT2D eigenvalue weighted by atomic mass is 10.2. The maximum absolute atomic E-state index is 5.65. The van der Waals surface area contributed by atoms with Crippen LogP contribution in [0.5, 0.6) is 0 Å². The van der Waals surface area contributed by atoms with Gasteiger partial charge in [-0.15, -0.1) is 0 Å². The van der Waals surface area contributed by atoms with E-state index in [4.69, 9.17) is 13.9 Å². The summed E-state index contributed by atoms with van der Waals surface area (Å²) in [6.45, 7) is 2.65. The highest BCUT2D eigenvalue weighted by Crippen LogP contribution is 2.20. The van der Waals surface area contributed by atoms with Crippen molar-refractivity contribution < 1.29 is 13.9 Å². The van der Waals surface area contributed by atoms with E-state index in [0.29, 0.717) is 26.4 Å². The maximum atomic E-state index is 5.65. The molecular weight excluding hydrogens is 258 g/mol. The Morgan fingerprint density at radius 2 is 2.45 bits per heavy atom. The fourth-order valence-corrected chi connectivity index (χ4v) is 2.33. The zero-order valence-electron chi connectivity index (χ0n) is 11.5. The van der Waals surface area contributed by atoms with Crippen LogP contribution in [-0.2, 0) is 16.5 Å². The molecule has 0 amide bonds. The number of aromatic nitrogens is 2. The van der Waals surface area contributed by atoms with Gasteiger partial charge in [0, 0.05) is 26.0 Å². The van der Waals surface area contributed by atoms with Crippen LogP contribution in [0.15, 0.2) is 35.2 Å². The molecule has 1 N–H and O–H groups in total. The molecular formula is C14H19N3O3. The Morgan fingerprint density at radius 3 is 3.10 bits per heavy atom. The Balaban J connectivity index is 1.71. The van der Waals surface area contributed by atoms with Crippen LogP contribution >= 0.6 is 0 Å². The highest BCUT2D eigenvalue weighted by Gasteiger charge is 2.23. The second-order valence-electron chi connectivity index (χ2n) is 4.82. The van der Waals surface area contributed by atoms with E-state index in [0.717, 1.165) is 11.6 Å². The summed E-state index contributed by atoms with van der Waals surface area (Å²) in [4.78, 5) is 4.40. The summed E-state index contributed by atoms with van der Waals surface area (Å²) < 4.78 is 18.6. The van der Waals surface area contributed by atoms with Gasteiger partial charge >= 0.3 is 0 Å². The fraction of sp³-hybridized carbons (Fsp3) is 0.500. The van der Waals surface area contributed by atoms with Crippen molar-refractivity contribution in [1.29, 1.82) is 0 Å². The number of ether oxygens (including phenoxy) is 2. The lowest BCUT2D eigenvalue weighted by Gasteiger charge is -2.25. The van der Waals surface area contributed by atoms with Crippen molar-refractivity contribution in [2.75, 3.05) is 26.4 Å². The molecule has 2 aromatic rings. The average Bonchev–Trinajstić information content (AvgIpc) is 3.13. The Kier molecular flexibility index (Phi) is 4.15. The second-order valence-corrected chi connectivity index (χ2v) is 4.82. The van der Waals surface area contributed by atoms with Crippen molar-refractivity contribution in [3.8, 4) is 0 Å². The second kappa shape index (κ2) is 6.21. The van der Waals surface area contributed by atoms with Crippen molar-refractivity contribution in [3.63, 3.8) is 0 Å². The predicted molar refractivity (Wildman–Crippen MR) is 72.3 cm³/mol. The van der Waals surface area contributed by atoms with E-state index in [-0.39, 0.29) is 12.1 Å². The first-order valence-electron chi connectivity index (χ1n) is 6.78. The van der Waals surface area contributed by atoms with Gasteiger partial charge in [-0.1, -0.05) is 0 Å². The van der Waals surface area contributed by atoms with E-state index in [1.807, 2.05) is 29.9 Å². The Bertz CT molecular complexity index is 518. The summed E-state index contributed by atoms with van der Waals surface area (Å²) in [5.41, 5.74) is 0. The molecule has 2 aromatic heterocycles. The average molecular weight is 277 g/mol. The van der Waals surface area contributed by atoms with Gasteiger partial charge in [0.1, 0.15) is 17.6 Å². The first-order valence-corrected chi connectivity index (χ1v) is 6.78. The van der Waals surface area contributed by atoms with Crippen LogP contribution < -0.4 is 5.32 Å². The molecule has 3 rings (SSSR count). The van der Waals surface area contributed by atoms with E-state index >= 15 is 0 Å². The largest absolute Gasteiger partial charge is 0.467 e. The number of nitrogens with one attached hydrogen (secondary N) is 1.